The summed E-state index contributed by atoms with van der Waals surface area (Å²) in [6, 6.07) is 15.0. The SMILES string of the molecule is CC(C)(C)OC(=O)Nc1ccc(-c2cc(=O)cc(N3CCOCC3)o2)c2c1Cc1ccccc1S2. The Bertz CT molecular complexity index is 1320. The summed E-state index contributed by atoms with van der Waals surface area (Å²) in [4.78, 5) is 29.3. The smallest absolute Gasteiger partial charge is 0.412 e. The fraction of sp³-hybridized carbons (Fsp3) is 0.333. The Morgan fingerprint density at radius 2 is 1.86 bits per heavy atom. The molecule has 1 aromatic heterocycles. The van der Waals surface area contributed by atoms with Crippen molar-refractivity contribution in [3.63, 3.8) is 0 Å². The predicted octanol–water partition coefficient (Wildman–Crippen LogP) is 5.55. The van der Waals surface area contributed by atoms with E-state index in [2.05, 4.69) is 17.4 Å². The van der Waals surface area contributed by atoms with Crippen molar-refractivity contribution in [2.24, 2.45) is 0 Å². The van der Waals surface area contributed by atoms with E-state index < -0.39 is 11.7 Å². The number of nitrogens with zero attached hydrogens (tertiary/aromatic N) is 1. The van der Waals surface area contributed by atoms with Gasteiger partial charge in [0.05, 0.1) is 13.2 Å². The molecule has 2 aromatic carbocycles. The van der Waals surface area contributed by atoms with Gasteiger partial charge in [-0.25, -0.2) is 4.79 Å². The minimum Gasteiger partial charge on any atom is -0.444 e. The molecule has 0 radical (unpaired) electrons. The van der Waals surface area contributed by atoms with Gasteiger partial charge >= 0.3 is 6.09 Å². The first-order chi connectivity index (χ1) is 16.8. The maximum atomic E-state index is 12.6. The lowest BCUT2D eigenvalue weighted by molar-refractivity contribution is 0.0635. The van der Waals surface area contributed by atoms with Gasteiger partial charge in [-0.15, -0.1) is 0 Å². The Labute approximate surface area is 208 Å². The number of fused-ring (bicyclic) bond motifs is 2. The highest BCUT2D eigenvalue weighted by molar-refractivity contribution is 7.99. The molecule has 1 N–H and O–H groups in total. The molecule has 0 aliphatic carbocycles. The van der Waals surface area contributed by atoms with Crippen molar-refractivity contribution in [1.82, 2.24) is 0 Å². The van der Waals surface area contributed by atoms with Gasteiger partial charge < -0.3 is 18.8 Å². The van der Waals surface area contributed by atoms with Crippen molar-refractivity contribution in [3.8, 4) is 11.3 Å². The Hall–Kier alpha value is -3.23. The number of hydrogen-bond acceptors (Lipinski definition) is 7. The van der Waals surface area contributed by atoms with E-state index in [1.165, 1.54) is 17.7 Å². The van der Waals surface area contributed by atoms with Crippen LogP contribution in [0.15, 0.2) is 67.5 Å². The number of hydrogen-bond donors (Lipinski definition) is 1. The number of anilines is 2. The molecule has 0 saturated carbocycles. The summed E-state index contributed by atoms with van der Waals surface area (Å²) in [6.07, 6.45) is 0.141. The molecule has 2 aliphatic heterocycles. The van der Waals surface area contributed by atoms with Crippen LogP contribution in [0.1, 0.15) is 31.9 Å². The number of amides is 1. The van der Waals surface area contributed by atoms with Gasteiger partial charge in [0.15, 0.2) is 11.3 Å². The van der Waals surface area contributed by atoms with Crippen molar-refractivity contribution < 1.29 is 18.7 Å². The molecule has 35 heavy (non-hydrogen) atoms. The second kappa shape index (κ2) is 9.43. The molecule has 1 amide bonds. The average Bonchev–Trinajstić information content (AvgIpc) is 2.82. The topological polar surface area (TPSA) is 81.0 Å². The summed E-state index contributed by atoms with van der Waals surface area (Å²) < 4.78 is 17.2. The number of benzene rings is 2. The van der Waals surface area contributed by atoms with Gasteiger partial charge in [0, 0.05) is 52.7 Å². The summed E-state index contributed by atoms with van der Waals surface area (Å²) in [7, 11) is 0. The van der Waals surface area contributed by atoms with E-state index in [0.717, 1.165) is 20.9 Å². The van der Waals surface area contributed by atoms with Crippen LogP contribution in [-0.2, 0) is 15.9 Å². The second-order valence-electron chi connectivity index (χ2n) is 9.58. The molecule has 0 atom stereocenters. The zero-order chi connectivity index (χ0) is 24.6. The van der Waals surface area contributed by atoms with E-state index in [4.69, 9.17) is 13.9 Å². The maximum Gasteiger partial charge on any atom is 0.412 e. The van der Waals surface area contributed by atoms with Crippen molar-refractivity contribution in [2.45, 2.75) is 42.6 Å². The first-order valence-electron chi connectivity index (χ1n) is 11.7. The second-order valence-corrected chi connectivity index (χ2v) is 10.6. The van der Waals surface area contributed by atoms with Crippen LogP contribution in [0.25, 0.3) is 11.3 Å². The Balaban J connectivity index is 1.57. The average molecular weight is 493 g/mol. The third-order valence-corrected chi connectivity index (χ3v) is 7.08. The summed E-state index contributed by atoms with van der Waals surface area (Å²) in [6.45, 7) is 8.04. The third kappa shape index (κ3) is 5.23. The number of rotatable bonds is 3. The molecule has 1 saturated heterocycles. The molecule has 182 valence electrons. The lowest BCUT2D eigenvalue weighted by atomic mass is 9.98. The first kappa shape index (κ1) is 23.5. The Morgan fingerprint density at radius 3 is 2.63 bits per heavy atom. The van der Waals surface area contributed by atoms with Crippen molar-refractivity contribution >= 4 is 29.4 Å². The first-order valence-corrected chi connectivity index (χ1v) is 12.5. The number of ether oxygens (including phenoxy) is 2. The number of carbonyl (C=O) groups excluding carboxylic acids is 1. The van der Waals surface area contributed by atoms with Crippen LogP contribution in [0.4, 0.5) is 16.4 Å². The fourth-order valence-corrected chi connectivity index (χ4v) is 5.45. The normalized spacial score (nSPS) is 15.2. The van der Waals surface area contributed by atoms with Gasteiger partial charge in [-0.1, -0.05) is 30.0 Å². The van der Waals surface area contributed by atoms with E-state index in [-0.39, 0.29) is 5.43 Å². The van der Waals surface area contributed by atoms with Gasteiger partial charge in [0.2, 0.25) is 0 Å². The third-order valence-electron chi connectivity index (χ3n) is 5.79. The minimum atomic E-state index is -0.602. The van der Waals surface area contributed by atoms with E-state index in [1.807, 2.05) is 49.9 Å². The van der Waals surface area contributed by atoms with Crippen LogP contribution < -0.4 is 15.6 Å². The van der Waals surface area contributed by atoms with Gasteiger partial charge in [0.1, 0.15) is 11.4 Å². The van der Waals surface area contributed by atoms with Crippen molar-refractivity contribution in [2.75, 3.05) is 36.5 Å². The predicted molar refractivity (Wildman–Crippen MR) is 137 cm³/mol. The zero-order valence-corrected chi connectivity index (χ0v) is 20.9. The molecule has 8 heteroatoms. The Morgan fingerprint density at radius 1 is 1.09 bits per heavy atom. The molecule has 0 unspecified atom stereocenters. The summed E-state index contributed by atoms with van der Waals surface area (Å²) in [5.74, 6) is 1.05. The lowest BCUT2D eigenvalue weighted by Gasteiger charge is -2.28. The largest absolute Gasteiger partial charge is 0.444 e. The maximum absolute atomic E-state index is 12.6. The van der Waals surface area contributed by atoms with Gasteiger partial charge in [-0.3, -0.25) is 10.1 Å². The molecular weight excluding hydrogens is 464 g/mol. The van der Waals surface area contributed by atoms with E-state index in [1.54, 1.807) is 11.8 Å². The van der Waals surface area contributed by atoms with Crippen molar-refractivity contribution in [3.05, 3.63) is 69.9 Å². The highest BCUT2D eigenvalue weighted by Crippen LogP contribution is 2.47. The van der Waals surface area contributed by atoms with Crippen LogP contribution in [0.5, 0.6) is 0 Å². The lowest BCUT2D eigenvalue weighted by Crippen LogP contribution is -2.36. The summed E-state index contributed by atoms with van der Waals surface area (Å²) in [5.41, 5.74) is 2.94. The fourth-order valence-electron chi connectivity index (χ4n) is 4.23. The zero-order valence-electron chi connectivity index (χ0n) is 20.1. The minimum absolute atomic E-state index is 0.112. The van der Waals surface area contributed by atoms with Crippen molar-refractivity contribution in [1.29, 1.82) is 0 Å². The van der Waals surface area contributed by atoms with Crippen LogP contribution in [0, 0.1) is 0 Å². The number of nitrogens with one attached hydrogen (secondary N) is 1. The summed E-state index contributed by atoms with van der Waals surface area (Å²) in [5, 5.41) is 2.92. The molecule has 5 rings (SSSR count). The van der Waals surface area contributed by atoms with E-state index in [9.17, 15) is 9.59 Å². The molecule has 2 aliphatic rings. The van der Waals surface area contributed by atoms with Gasteiger partial charge in [-0.2, -0.15) is 0 Å². The molecule has 7 nitrogen and oxygen atoms in total. The molecule has 3 heterocycles. The van der Waals surface area contributed by atoms with Crippen LogP contribution in [0.2, 0.25) is 0 Å². The highest BCUT2D eigenvalue weighted by atomic mass is 32.2. The van der Waals surface area contributed by atoms with Crippen LogP contribution >= 0.6 is 11.8 Å². The Kier molecular flexibility index (Phi) is 6.34. The molecular formula is C27H28N2O5S. The standard InChI is InChI=1S/C27H28N2O5S/c1-27(2,3)34-26(31)28-21-9-8-19(25-20(21)14-17-6-4-5-7-23(17)35-25)22-15-18(30)16-24(33-22)29-10-12-32-13-11-29/h4-9,15-16H,10-14H2,1-3H3,(H,28,31). The molecule has 1 fully saturated rings. The highest BCUT2D eigenvalue weighted by Gasteiger charge is 2.26. The number of morpholine rings is 1. The summed E-state index contributed by atoms with van der Waals surface area (Å²) >= 11 is 1.62. The monoisotopic (exact) mass is 492 g/mol. The molecule has 3 aromatic rings. The quantitative estimate of drug-likeness (QED) is 0.402. The van der Waals surface area contributed by atoms with E-state index >= 15 is 0 Å². The van der Waals surface area contributed by atoms with E-state index in [0.29, 0.717) is 50.1 Å². The van der Waals surface area contributed by atoms with Gasteiger partial charge in [0.25, 0.3) is 0 Å². The molecule has 0 spiro atoms. The van der Waals surface area contributed by atoms with Crippen LogP contribution in [-0.4, -0.2) is 38.0 Å². The molecule has 0 bridgehead atoms. The van der Waals surface area contributed by atoms with Gasteiger partial charge in [-0.05, 0) is 50.1 Å². The van der Waals surface area contributed by atoms with Crippen LogP contribution in [0.3, 0.4) is 0 Å². The number of carbonyl (C=O) groups is 1.